The van der Waals surface area contributed by atoms with Gasteiger partial charge in [-0.3, -0.25) is 4.90 Å². The van der Waals surface area contributed by atoms with Gasteiger partial charge < -0.3 is 10.5 Å². The van der Waals surface area contributed by atoms with Gasteiger partial charge in [-0.05, 0) is 30.4 Å². The Morgan fingerprint density at radius 1 is 0.958 bits per heavy atom. The van der Waals surface area contributed by atoms with E-state index in [1.54, 1.807) is 0 Å². The molecule has 0 bridgehead atoms. The Bertz CT molecular complexity index is 554. The van der Waals surface area contributed by atoms with Crippen LogP contribution in [0.2, 0.25) is 0 Å². The highest BCUT2D eigenvalue weighted by molar-refractivity contribution is 5.30. The van der Waals surface area contributed by atoms with Gasteiger partial charge in [0.15, 0.2) is 0 Å². The number of rotatable bonds is 6. The summed E-state index contributed by atoms with van der Waals surface area (Å²) in [5.41, 5.74) is 8.60. The molecule has 2 N–H and O–H groups in total. The van der Waals surface area contributed by atoms with Gasteiger partial charge in [-0.25, -0.2) is 0 Å². The van der Waals surface area contributed by atoms with E-state index in [1.165, 1.54) is 11.1 Å². The molecule has 0 spiro atoms. The van der Waals surface area contributed by atoms with Crippen molar-refractivity contribution >= 4 is 0 Å². The SMILES string of the molecule is CCC(N)N1CCC(OC(c2ccccc2)c2ccccc2)CC1. The molecular formula is C21H28N2O. The van der Waals surface area contributed by atoms with Crippen molar-refractivity contribution in [1.82, 2.24) is 4.90 Å². The highest BCUT2D eigenvalue weighted by Gasteiger charge is 2.26. The standard InChI is InChI=1S/C21H28N2O/c1-2-20(22)23-15-13-19(14-16-23)24-21(17-9-5-3-6-10-17)18-11-7-4-8-12-18/h3-12,19-21H,2,13-16,22H2,1H3. The van der Waals surface area contributed by atoms with E-state index in [0.717, 1.165) is 32.4 Å². The number of hydrogen-bond acceptors (Lipinski definition) is 3. The van der Waals surface area contributed by atoms with Crippen LogP contribution < -0.4 is 5.73 Å². The highest BCUT2D eigenvalue weighted by atomic mass is 16.5. The summed E-state index contributed by atoms with van der Waals surface area (Å²) in [7, 11) is 0. The van der Waals surface area contributed by atoms with E-state index in [1.807, 2.05) is 0 Å². The molecule has 0 aromatic heterocycles. The van der Waals surface area contributed by atoms with Crippen molar-refractivity contribution in [2.75, 3.05) is 13.1 Å². The summed E-state index contributed by atoms with van der Waals surface area (Å²) in [4.78, 5) is 2.37. The smallest absolute Gasteiger partial charge is 0.108 e. The summed E-state index contributed by atoms with van der Waals surface area (Å²) in [6.45, 7) is 4.19. The second kappa shape index (κ2) is 8.43. The van der Waals surface area contributed by atoms with Crippen LogP contribution in [0.5, 0.6) is 0 Å². The van der Waals surface area contributed by atoms with Crippen LogP contribution in [-0.2, 0) is 4.74 Å². The van der Waals surface area contributed by atoms with Crippen LogP contribution in [0, 0.1) is 0 Å². The zero-order valence-corrected chi connectivity index (χ0v) is 14.5. The first-order chi connectivity index (χ1) is 11.8. The van der Waals surface area contributed by atoms with Crippen molar-refractivity contribution in [2.24, 2.45) is 5.73 Å². The lowest BCUT2D eigenvalue weighted by molar-refractivity contribution is -0.0332. The molecule has 1 aliphatic rings. The number of likely N-dealkylation sites (tertiary alicyclic amines) is 1. The topological polar surface area (TPSA) is 38.5 Å². The number of ether oxygens (including phenoxy) is 1. The molecule has 128 valence electrons. The Labute approximate surface area is 145 Å². The Balaban J connectivity index is 1.70. The number of nitrogens with two attached hydrogens (primary N) is 1. The molecule has 1 saturated heterocycles. The molecule has 24 heavy (non-hydrogen) atoms. The summed E-state index contributed by atoms with van der Waals surface area (Å²) in [5, 5.41) is 0. The monoisotopic (exact) mass is 324 g/mol. The lowest BCUT2D eigenvalue weighted by atomic mass is 10.00. The van der Waals surface area contributed by atoms with Gasteiger partial charge in [-0.15, -0.1) is 0 Å². The third kappa shape index (κ3) is 4.23. The maximum Gasteiger partial charge on any atom is 0.108 e. The van der Waals surface area contributed by atoms with E-state index in [-0.39, 0.29) is 18.4 Å². The quantitative estimate of drug-likeness (QED) is 0.874. The van der Waals surface area contributed by atoms with E-state index in [9.17, 15) is 0 Å². The normalized spacial score (nSPS) is 18.0. The van der Waals surface area contributed by atoms with Gasteiger partial charge in [-0.2, -0.15) is 0 Å². The first kappa shape index (κ1) is 17.2. The second-order valence-corrected chi connectivity index (χ2v) is 6.55. The Morgan fingerprint density at radius 2 is 1.46 bits per heavy atom. The van der Waals surface area contributed by atoms with Crippen molar-refractivity contribution in [3.8, 4) is 0 Å². The summed E-state index contributed by atoms with van der Waals surface area (Å²) in [5.74, 6) is 0. The van der Waals surface area contributed by atoms with Gasteiger partial charge in [-0.1, -0.05) is 67.6 Å². The third-order valence-electron chi connectivity index (χ3n) is 4.90. The van der Waals surface area contributed by atoms with Gasteiger partial charge >= 0.3 is 0 Å². The largest absolute Gasteiger partial charge is 0.365 e. The molecule has 1 fully saturated rings. The lowest BCUT2D eigenvalue weighted by Crippen LogP contribution is -2.47. The number of hydrogen-bond donors (Lipinski definition) is 1. The average molecular weight is 324 g/mol. The summed E-state index contributed by atoms with van der Waals surface area (Å²) in [6, 6.07) is 21.0. The van der Waals surface area contributed by atoms with Gasteiger partial charge in [0.1, 0.15) is 6.10 Å². The van der Waals surface area contributed by atoms with E-state index >= 15 is 0 Å². The summed E-state index contributed by atoms with van der Waals surface area (Å²) >= 11 is 0. The fourth-order valence-electron chi connectivity index (χ4n) is 3.40. The zero-order valence-electron chi connectivity index (χ0n) is 14.5. The molecule has 0 amide bonds. The van der Waals surface area contributed by atoms with Crippen LogP contribution >= 0.6 is 0 Å². The molecule has 1 unspecified atom stereocenters. The van der Waals surface area contributed by atoms with E-state index < -0.39 is 0 Å². The predicted octanol–water partition coefficient (Wildman–Crippen LogP) is 3.95. The van der Waals surface area contributed by atoms with Gasteiger partial charge in [0.05, 0.1) is 12.3 Å². The highest BCUT2D eigenvalue weighted by Crippen LogP contribution is 2.30. The van der Waals surface area contributed by atoms with Crippen molar-refractivity contribution in [1.29, 1.82) is 0 Å². The van der Waals surface area contributed by atoms with Crippen LogP contribution in [0.1, 0.15) is 43.4 Å². The fraction of sp³-hybridized carbons (Fsp3) is 0.429. The molecule has 3 nitrogen and oxygen atoms in total. The maximum atomic E-state index is 6.56. The third-order valence-corrected chi connectivity index (χ3v) is 4.90. The van der Waals surface area contributed by atoms with Crippen LogP contribution in [0.15, 0.2) is 60.7 Å². The minimum Gasteiger partial charge on any atom is -0.365 e. The van der Waals surface area contributed by atoms with Crippen LogP contribution in [-0.4, -0.2) is 30.3 Å². The second-order valence-electron chi connectivity index (χ2n) is 6.55. The molecule has 2 aromatic rings. The molecule has 2 aromatic carbocycles. The molecule has 0 radical (unpaired) electrons. The van der Waals surface area contributed by atoms with Crippen molar-refractivity contribution in [3.05, 3.63) is 71.8 Å². The van der Waals surface area contributed by atoms with Crippen LogP contribution in [0.4, 0.5) is 0 Å². The first-order valence-corrected chi connectivity index (χ1v) is 9.03. The minimum atomic E-state index is 0.00352. The van der Waals surface area contributed by atoms with Crippen molar-refractivity contribution in [2.45, 2.75) is 44.6 Å². The van der Waals surface area contributed by atoms with Crippen molar-refractivity contribution < 1.29 is 4.74 Å². The zero-order chi connectivity index (χ0) is 16.8. The fourth-order valence-corrected chi connectivity index (χ4v) is 3.40. The molecule has 1 aliphatic heterocycles. The van der Waals surface area contributed by atoms with E-state index in [4.69, 9.17) is 10.5 Å². The van der Waals surface area contributed by atoms with Gasteiger partial charge in [0.2, 0.25) is 0 Å². The predicted molar refractivity (Wildman–Crippen MR) is 98.7 cm³/mol. The molecule has 1 atom stereocenters. The minimum absolute atomic E-state index is 0.00352. The molecule has 0 aliphatic carbocycles. The molecule has 3 rings (SSSR count). The van der Waals surface area contributed by atoms with E-state index in [2.05, 4.69) is 72.5 Å². The number of benzene rings is 2. The van der Waals surface area contributed by atoms with Gasteiger partial charge in [0.25, 0.3) is 0 Å². The maximum absolute atomic E-state index is 6.56. The molecular weight excluding hydrogens is 296 g/mol. The molecule has 3 heteroatoms. The Morgan fingerprint density at radius 3 is 1.92 bits per heavy atom. The first-order valence-electron chi connectivity index (χ1n) is 9.03. The Kier molecular flexibility index (Phi) is 6.02. The summed E-state index contributed by atoms with van der Waals surface area (Å²) < 4.78 is 6.56. The van der Waals surface area contributed by atoms with E-state index in [0.29, 0.717) is 0 Å². The molecule has 1 heterocycles. The molecule has 0 saturated carbocycles. The van der Waals surface area contributed by atoms with Crippen LogP contribution in [0.3, 0.4) is 0 Å². The lowest BCUT2D eigenvalue weighted by Gasteiger charge is -2.36. The van der Waals surface area contributed by atoms with Crippen LogP contribution in [0.25, 0.3) is 0 Å². The average Bonchev–Trinajstić information content (AvgIpc) is 2.67. The van der Waals surface area contributed by atoms with Crippen molar-refractivity contribution in [3.63, 3.8) is 0 Å². The Hall–Kier alpha value is -1.68. The summed E-state index contributed by atoms with van der Waals surface area (Å²) in [6.07, 6.45) is 3.57. The number of nitrogens with zero attached hydrogens (tertiary/aromatic N) is 1. The number of piperidine rings is 1. The van der Waals surface area contributed by atoms with Gasteiger partial charge in [0, 0.05) is 13.1 Å².